The zero-order valence-corrected chi connectivity index (χ0v) is 13.4. The molecule has 0 aliphatic rings. The molecule has 0 unspecified atom stereocenters. The van der Waals surface area contributed by atoms with Crippen molar-refractivity contribution in [2.45, 2.75) is 6.92 Å². The van der Waals surface area contributed by atoms with Crippen molar-refractivity contribution in [3.05, 3.63) is 48.0 Å². The highest BCUT2D eigenvalue weighted by atomic mass is 16.5. The summed E-state index contributed by atoms with van der Waals surface area (Å²) in [5, 5.41) is 25.9. The van der Waals surface area contributed by atoms with Gasteiger partial charge in [0.25, 0.3) is 5.91 Å². The Hall–Kier alpha value is -3.22. The second kappa shape index (κ2) is 7.87. The predicted octanol–water partition coefficient (Wildman–Crippen LogP) is 2.06. The molecule has 4 N–H and O–H groups in total. The molecule has 0 saturated carbocycles. The molecule has 24 heavy (non-hydrogen) atoms. The molecule has 0 saturated heterocycles. The van der Waals surface area contributed by atoms with Crippen molar-refractivity contribution in [1.82, 2.24) is 5.43 Å². The van der Waals surface area contributed by atoms with Gasteiger partial charge < -0.3 is 20.3 Å². The third kappa shape index (κ3) is 4.64. The molecule has 7 heteroatoms. The quantitative estimate of drug-likeness (QED) is 0.480. The van der Waals surface area contributed by atoms with E-state index in [1.165, 1.54) is 18.2 Å². The number of phenols is 2. The summed E-state index contributed by atoms with van der Waals surface area (Å²) in [6.45, 7) is 1.69. The Balaban J connectivity index is 1.89. The molecule has 0 heterocycles. The highest BCUT2D eigenvalue weighted by Crippen LogP contribution is 2.22. The van der Waals surface area contributed by atoms with Crippen molar-refractivity contribution in [3.8, 4) is 17.2 Å². The van der Waals surface area contributed by atoms with Gasteiger partial charge in [0.2, 0.25) is 0 Å². The predicted molar refractivity (Wildman–Crippen MR) is 91.6 cm³/mol. The lowest BCUT2D eigenvalue weighted by Gasteiger charge is -2.07. The zero-order valence-electron chi connectivity index (χ0n) is 13.4. The first kappa shape index (κ1) is 17.1. The van der Waals surface area contributed by atoms with Gasteiger partial charge in [0.15, 0.2) is 0 Å². The van der Waals surface area contributed by atoms with E-state index in [4.69, 9.17) is 4.74 Å². The molecule has 0 radical (unpaired) electrons. The van der Waals surface area contributed by atoms with Crippen molar-refractivity contribution in [2.75, 3.05) is 19.0 Å². The first-order valence-electron chi connectivity index (χ1n) is 7.23. The average molecular weight is 329 g/mol. The first-order valence-corrected chi connectivity index (χ1v) is 7.23. The van der Waals surface area contributed by atoms with Crippen LogP contribution in [0.3, 0.4) is 0 Å². The van der Waals surface area contributed by atoms with E-state index < -0.39 is 0 Å². The summed E-state index contributed by atoms with van der Waals surface area (Å²) in [4.78, 5) is 11.8. The maximum absolute atomic E-state index is 11.8. The molecule has 2 rings (SSSR count). The number of hydrazone groups is 1. The second-order valence-electron chi connectivity index (χ2n) is 5.02. The highest BCUT2D eigenvalue weighted by molar-refractivity contribution is 6.01. The number of rotatable bonds is 6. The van der Waals surface area contributed by atoms with Crippen molar-refractivity contribution < 1.29 is 19.7 Å². The molecule has 0 aliphatic heterocycles. The number of carbonyl (C=O) groups is 1. The molecule has 2 aromatic rings. The van der Waals surface area contributed by atoms with E-state index in [9.17, 15) is 15.0 Å². The Labute approximate surface area is 139 Å². The minimum Gasteiger partial charge on any atom is -0.508 e. The Bertz CT molecular complexity index is 742. The second-order valence-corrected chi connectivity index (χ2v) is 5.02. The van der Waals surface area contributed by atoms with Gasteiger partial charge in [-0.1, -0.05) is 0 Å². The Kier molecular flexibility index (Phi) is 5.62. The number of phenolic OH excluding ortho intramolecular Hbond substituents is 2. The van der Waals surface area contributed by atoms with Gasteiger partial charge in [-0.15, -0.1) is 0 Å². The molecule has 1 amide bonds. The topological polar surface area (TPSA) is 103 Å². The van der Waals surface area contributed by atoms with E-state index in [0.29, 0.717) is 11.3 Å². The van der Waals surface area contributed by atoms with Gasteiger partial charge in [-0.25, -0.2) is 5.43 Å². The van der Waals surface area contributed by atoms with Crippen molar-refractivity contribution >= 4 is 17.3 Å². The van der Waals surface area contributed by atoms with Gasteiger partial charge in [0.1, 0.15) is 17.2 Å². The summed E-state index contributed by atoms with van der Waals surface area (Å²) in [6.07, 6.45) is 0. The van der Waals surface area contributed by atoms with E-state index in [1.807, 2.05) is 0 Å². The van der Waals surface area contributed by atoms with Crippen molar-refractivity contribution in [2.24, 2.45) is 5.10 Å². The number of nitrogens with one attached hydrogen (secondary N) is 2. The average Bonchev–Trinajstić information content (AvgIpc) is 2.58. The van der Waals surface area contributed by atoms with Crippen molar-refractivity contribution in [1.29, 1.82) is 0 Å². The van der Waals surface area contributed by atoms with Gasteiger partial charge in [-0.2, -0.15) is 5.10 Å². The van der Waals surface area contributed by atoms with E-state index in [-0.39, 0.29) is 24.0 Å². The van der Waals surface area contributed by atoms with Crippen LogP contribution >= 0.6 is 0 Å². The van der Waals surface area contributed by atoms with Gasteiger partial charge in [0, 0.05) is 17.3 Å². The van der Waals surface area contributed by atoms with Crippen LogP contribution < -0.4 is 15.5 Å². The normalized spacial score (nSPS) is 11.0. The van der Waals surface area contributed by atoms with E-state index >= 15 is 0 Å². The molecule has 2 aromatic carbocycles. The van der Waals surface area contributed by atoms with Crippen LogP contribution in [0, 0.1) is 0 Å². The Morgan fingerprint density at radius 3 is 2.50 bits per heavy atom. The van der Waals surface area contributed by atoms with Crippen LogP contribution in [0.25, 0.3) is 0 Å². The lowest BCUT2D eigenvalue weighted by Crippen LogP contribution is -2.26. The summed E-state index contributed by atoms with van der Waals surface area (Å²) in [6, 6.07) is 11.3. The fraction of sp³-hybridized carbons (Fsp3) is 0.176. The van der Waals surface area contributed by atoms with Crippen LogP contribution in [-0.4, -0.2) is 35.5 Å². The summed E-state index contributed by atoms with van der Waals surface area (Å²) in [7, 11) is 1.59. The minimum atomic E-state index is -0.330. The number of benzene rings is 2. The first-order chi connectivity index (χ1) is 11.5. The number of carbonyl (C=O) groups excluding carboxylic acids is 1. The molecule has 0 bridgehead atoms. The Morgan fingerprint density at radius 1 is 1.17 bits per heavy atom. The maximum Gasteiger partial charge on any atom is 0.259 e. The summed E-state index contributed by atoms with van der Waals surface area (Å²) in [5.74, 6) is 0.251. The lowest BCUT2D eigenvalue weighted by atomic mass is 10.1. The molecule has 0 aromatic heterocycles. The van der Waals surface area contributed by atoms with E-state index in [1.54, 1.807) is 38.3 Å². The monoisotopic (exact) mass is 329 g/mol. The molecular formula is C17H19N3O4. The third-order valence-electron chi connectivity index (χ3n) is 3.26. The number of hydrogen-bond acceptors (Lipinski definition) is 6. The van der Waals surface area contributed by atoms with Gasteiger partial charge >= 0.3 is 0 Å². The number of methoxy groups -OCH3 is 1. The van der Waals surface area contributed by atoms with Crippen LogP contribution in [0.4, 0.5) is 5.69 Å². The van der Waals surface area contributed by atoms with Gasteiger partial charge in [-0.3, -0.25) is 4.79 Å². The molecule has 0 aliphatic carbocycles. The van der Waals surface area contributed by atoms with E-state index in [0.717, 1.165) is 11.4 Å². The number of anilines is 1. The molecule has 126 valence electrons. The molecule has 7 nitrogen and oxygen atoms in total. The molecular weight excluding hydrogens is 310 g/mol. The largest absolute Gasteiger partial charge is 0.508 e. The zero-order chi connectivity index (χ0) is 17.5. The van der Waals surface area contributed by atoms with Gasteiger partial charge in [0.05, 0.1) is 19.4 Å². The van der Waals surface area contributed by atoms with Gasteiger partial charge in [-0.05, 0) is 43.3 Å². The maximum atomic E-state index is 11.8. The fourth-order valence-corrected chi connectivity index (χ4v) is 1.96. The number of aromatic hydroxyl groups is 2. The standard InChI is InChI=1S/C17H19N3O4/c1-11(15-8-5-13(21)9-16(15)22)19-20-17(23)10-18-12-3-6-14(24-2)7-4-12/h3-9,18,21-22H,10H2,1-2H3,(H,20,23)/b19-11+. The lowest BCUT2D eigenvalue weighted by molar-refractivity contribution is -0.119. The van der Waals surface area contributed by atoms with Crippen LogP contribution in [-0.2, 0) is 4.79 Å². The van der Waals surface area contributed by atoms with Crippen molar-refractivity contribution in [3.63, 3.8) is 0 Å². The number of amides is 1. The van der Waals surface area contributed by atoms with Crippen LogP contribution in [0.1, 0.15) is 12.5 Å². The third-order valence-corrected chi connectivity index (χ3v) is 3.26. The van der Waals surface area contributed by atoms with Crippen LogP contribution in [0.15, 0.2) is 47.6 Å². The minimum absolute atomic E-state index is 0.0447. The summed E-state index contributed by atoms with van der Waals surface area (Å²) < 4.78 is 5.06. The van der Waals surface area contributed by atoms with Crippen LogP contribution in [0.2, 0.25) is 0 Å². The smallest absolute Gasteiger partial charge is 0.259 e. The van der Waals surface area contributed by atoms with Crippen LogP contribution in [0.5, 0.6) is 17.2 Å². The molecule has 0 fully saturated rings. The number of hydrogen-bond donors (Lipinski definition) is 4. The van der Waals surface area contributed by atoms with E-state index in [2.05, 4.69) is 15.8 Å². The fourth-order valence-electron chi connectivity index (χ4n) is 1.96. The molecule has 0 spiro atoms. The SMILES string of the molecule is COc1ccc(NCC(=O)N/N=C(\C)c2ccc(O)cc2O)cc1. The molecule has 0 atom stereocenters. The summed E-state index contributed by atoms with van der Waals surface area (Å²) in [5.41, 5.74) is 4.03. The summed E-state index contributed by atoms with van der Waals surface area (Å²) >= 11 is 0. The highest BCUT2D eigenvalue weighted by Gasteiger charge is 2.07. The Morgan fingerprint density at radius 2 is 1.88 bits per heavy atom. The number of ether oxygens (including phenoxy) is 1. The number of nitrogens with zero attached hydrogens (tertiary/aromatic N) is 1.